The van der Waals surface area contributed by atoms with Crippen molar-refractivity contribution in [3.05, 3.63) is 59.7 Å². The number of amides is 1. The molecule has 0 unspecified atom stereocenters. The van der Waals surface area contributed by atoms with Crippen LogP contribution < -0.4 is 10.0 Å². The van der Waals surface area contributed by atoms with Crippen LogP contribution in [0.3, 0.4) is 0 Å². The van der Waals surface area contributed by atoms with Gasteiger partial charge in [-0.1, -0.05) is 24.6 Å². The van der Waals surface area contributed by atoms with Gasteiger partial charge in [-0.2, -0.15) is 0 Å². The molecule has 7 heteroatoms. The number of hydrogen-bond donors (Lipinski definition) is 2. The number of carbonyl (C=O) groups excluding carboxylic acids is 1. The smallest absolute Gasteiger partial charge is 0.261 e. The average Bonchev–Trinajstić information content (AvgIpc) is 2.71. The Hall–Kier alpha value is -2.38. The van der Waals surface area contributed by atoms with Gasteiger partial charge in [0.05, 0.1) is 4.90 Å². The molecule has 1 fully saturated rings. The predicted octanol–water partition coefficient (Wildman–Crippen LogP) is 3.40. The van der Waals surface area contributed by atoms with Crippen molar-refractivity contribution in [2.45, 2.75) is 37.5 Å². The molecule has 1 aliphatic heterocycles. The normalized spacial score (nSPS) is 15.1. The third-order valence-electron chi connectivity index (χ3n) is 5.06. The molecular formula is C22H29N3O3S. The Kier molecular flexibility index (Phi) is 7.28. The molecule has 1 aliphatic rings. The molecule has 0 aromatic heterocycles. The molecule has 1 saturated heterocycles. The quantitative estimate of drug-likeness (QED) is 0.648. The Balaban J connectivity index is 1.57. The number of carbonyl (C=O) groups is 1. The minimum Gasteiger partial charge on any atom is -0.352 e. The third-order valence-corrected chi connectivity index (χ3v) is 6.44. The van der Waals surface area contributed by atoms with Crippen LogP contribution in [0, 0.1) is 6.92 Å². The van der Waals surface area contributed by atoms with E-state index in [1.165, 1.54) is 31.4 Å². The number of aryl methyl sites for hydroxylation is 1. The summed E-state index contributed by atoms with van der Waals surface area (Å²) in [6.07, 6.45) is 4.71. The number of nitrogens with zero attached hydrogens (tertiary/aromatic N) is 1. The first kappa shape index (κ1) is 21.3. The van der Waals surface area contributed by atoms with Crippen molar-refractivity contribution in [2.24, 2.45) is 0 Å². The molecule has 2 aromatic rings. The second-order valence-electron chi connectivity index (χ2n) is 7.51. The Morgan fingerprint density at radius 1 is 1.03 bits per heavy atom. The zero-order valence-corrected chi connectivity index (χ0v) is 17.7. The minimum absolute atomic E-state index is 0.0694. The lowest BCUT2D eigenvalue weighted by molar-refractivity contribution is 0.0951. The summed E-state index contributed by atoms with van der Waals surface area (Å²) >= 11 is 0. The highest BCUT2D eigenvalue weighted by atomic mass is 32.2. The van der Waals surface area contributed by atoms with Gasteiger partial charge in [0.1, 0.15) is 0 Å². The molecule has 2 aromatic carbocycles. The molecule has 1 amide bonds. The van der Waals surface area contributed by atoms with Crippen molar-refractivity contribution in [1.82, 2.24) is 10.2 Å². The highest BCUT2D eigenvalue weighted by Gasteiger charge is 2.17. The van der Waals surface area contributed by atoms with Crippen LogP contribution in [0.15, 0.2) is 53.4 Å². The lowest BCUT2D eigenvalue weighted by Gasteiger charge is -2.26. The lowest BCUT2D eigenvalue weighted by atomic mass is 10.1. The molecule has 0 spiro atoms. The zero-order valence-electron chi connectivity index (χ0n) is 16.9. The fourth-order valence-corrected chi connectivity index (χ4v) is 4.61. The van der Waals surface area contributed by atoms with Crippen molar-refractivity contribution in [3.8, 4) is 0 Å². The van der Waals surface area contributed by atoms with Gasteiger partial charge in [0.15, 0.2) is 0 Å². The Morgan fingerprint density at radius 3 is 2.55 bits per heavy atom. The van der Waals surface area contributed by atoms with Crippen molar-refractivity contribution in [1.29, 1.82) is 0 Å². The second-order valence-corrected chi connectivity index (χ2v) is 9.20. The Bertz CT molecular complexity index is 938. The van der Waals surface area contributed by atoms with E-state index in [9.17, 15) is 13.2 Å². The van der Waals surface area contributed by atoms with Crippen LogP contribution >= 0.6 is 0 Å². The van der Waals surface area contributed by atoms with E-state index in [2.05, 4.69) is 14.9 Å². The van der Waals surface area contributed by atoms with Crippen LogP contribution in [0.25, 0.3) is 0 Å². The van der Waals surface area contributed by atoms with E-state index >= 15 is 0 Å². The van der Waals surface area contributed by atoms with Crippen molar-refractivity contribution >= 4 is 21.6 Å². The summed E-state index contributed by atoms with van der Waals surface area (Å²) in [4.78, 5) is 14.9. The number of hydrogen-bond acceptors (Lipinski definition) is 4. The molecule has 1 heterocycles. The third kappa shape index (κ3) is 6.30. The first-order valence-electron chi connectivity index (χ1n) is 10.1. The van der Waals surface area contributed by atoms with Crippen molar-refractivity contribution in [2.75, 3.05) is 30.9 Å². The van der Waals surface area contributed by atoms with Gasteiger partial charge in [0.25, 0.3) is 15.9 Å². The summed E-state index contributed by atoms with van der Waals surface area (Å²) in [7, 11) is -3.76. The van der Waals surface area contributed by atoms with Gasteiger partial charge in [0.2, 0.25) is 0 Å². The second kappa shape index (κ2) is 9.89. The summed E-state index contributed by atoms with van der Waals surface area (Å²) in [6.45, 7) is 5.74. The van der Waals surface area contributed by atoms with Crippen LogP contribution in [-0.4, -0.2) is 45.4 Å². The highest BCUT2D eigenvalue weighted by Crippen LogP contribution is 2.18. The topological polar surface area (TPSA) is 78.5 Å². The van der Waals surface area contributed by atoms with Gasteiger partial charge in [-0.15, -0.1) is 0 Å². The Morgan fingerprint density at radius 2 is 1.79 bits per heavy atom. The SMILES string of the molecule is Cc1cccc(NS(=O)(=O)c2cccc(C(=O)NCCCN3CCCCC3)c2)c1. The number of likely N-dealkylation sites (tertiary alicyclic amines) is 1. The summed E-state index contributed by atoms with van der Waals surface area (Å²) in [5, 5.41) is 2.89. The standard InChI is InChI=1S/C22H29N3O3S/c1-18-8-5-10-20(16-18)24-29(27,28)21-11-6-9-19(17-21)22(26)23-12-7-15-25-13-3-2-4-14-25/h5-6,8-11,16-17,24H,2-4,7,12-15H2,1H3,(H,23,26). The molecule has 29 heavy (non-hydrogen) atoms. The summed E-state index contributed by atoms with van der Waals surface area (Å²) < 4.78 is 27.9. The molecule has 3 rings (SSSR count). The number of anilines is 1. The fourth-order valence-electron chi connectivity index (χ4n) is 3.52. The van der Waals surface area contributed by atoms with E-state index in [1.54, 1.807) is 30.3 Å². The van der Waals surface area contributed by atoms with E-state index in [0.717, 1.165) is 31.6 Å². The van der Waals surface area contributed by atoms with Crippen LogP contribution in [0.4, 0.5) is 5.69 Å². The van der Waals surface area contributed by atoms with E-state index in [0.29, 0.717) is 17.8 Å². The maximum Gasteiger partial charge on any atom is 0.261 e. The van der Waals surface area contributed by atoms with Gasteiger partial charge in [-0.25, -0.2) is 8.42 Å². The highest BCUT2D eigenvalue weighted by molar-refractivity contribution is 7.92. The molecule has 0 bridgehead atoms. The van der Waals surface area contributed by atoms with Gasteiger partial charge in [-0.3, -0.25) is 9.52 Å². The number of piperidine rings is 1. The van der Waals surface area contributed by atoms with E-state index in [-0.39, 0.29) is 10.8 Å². The molecule has 0 saturated carbocycles. The van der Waals surface area contributed by atoms with E-state index < -0.39 is 10.0 Å². The number of sulfonamides is 1. The van der Waals surface area contributed by atoms with Crippen LogP contribution in [-0.2, 0) is 10.0 Å². The molecule has 6 nitrogen and oxygen atoms in total. The van der Waals surface area contributed by atoms with Gasteiger partial charge >= 0.3 is 0 Å². The van der Waals surface area contributed by atoms with Crippen molar-refractivity contribution in [3.63, 3.8) is 0 Å². The first-order valence-corrected chi connectivity index (χ1v) is 11.6. The van der Waals surface area contributed by atoms with Crippen LogP contribution in [0.5, 0.6) is 0 Å². The average molecular weight is 416 g/mol. The number of nitrogens with one attached hydrogen (secondary N) is 2. The summed E-state index contributed by atoms with van der Waals surface area (Å²) in [5.41, 5.74) is 1.80. The number of benzene rings is 2. The fraction of sp³-hybridized carbons (Fsp3) is 0.409. The summed E-state index contributed by atoms with van der Waals surface area (Å²) in [6, 6.07) is 13.3. The van der Waals surface area contributed by atoms with Crippen LogP contribution in [0.1, 0.15) is 41.6 Å². The first-order chi connectivity index (χ1) is 13.9. The molecule has 0 radical (unpaired) electrons. The van der Waals surface area contributed by atoms with Crippen LogP contribution in [0.2, 0.25) is 0 Å². The molecular weight excluding hydrogens is 386 g/mol. The lowest BCUT2D eigenvalue weighted by Crippen LogP contribution is -2.33. The maximum absolute atomic E-state index is 12.7. The monoisotopic (exact) mass is 415 g/mol. The largest absolute Gasteiger partial charge is 0.352 e. The molecule has 0 aliphatic carbocycles. The minimum atomic E-state index is -3.76. The zero-order chi connectivity index (χ0) is 20.7. The predicted molar refractivity (Wildman–Crippen MR) is 116 cm³/mol. The molecule has 0 atom stereocenters. The van der Waals surface area contributed by atoms with Gasteiger partial charge < -0.3 is 10.2 Å². The summed E-state index contributed by atoms with van der Waals surface area (Å²) in [5.74, 6) is -0.253. The molecule has 156 valence electrons. The maximum atomic E-state index is 12.7. The van der Waals surface area contributed by atoms with Gasteiger partial charge in [0, 0.05) is 17.8 Å². The van der Waals surface area contributed by atoms with Gasteiger partial charge in [-0.05, 0) is 81.7 Å². The molecule has 2 N–H and O–H groups in total. The van der Waals surface area contributed by atoms with E-state index in [4.69, 9.17) is 0 Å². The van der Waals surface area contributed by atoms with Crippen molar-refractivity contribution < 1.29 is 13.2 Å². The Labute approximate surface area is 173 Å². The number of rotatable bonds is 8. The van der Waals surface area contributed by atoms with E-state index in [1.807, 2.05) is 13.0 Å².